The number of nitrogens with zero attached hydrogens (tertiary/aromatic N) is 2. The number of hydrogen-bond acceptors (Lipinski definition) is 4. The molecule has 0 bridgehead atoms. The van der Waals surface area contributed by atoms with E-state index in [2.05, 4.69) is 15.1 Å². The highest BCUT2D eigenvalue weighted by atomic mass is 16.2. The Labute approximate surface area is 131 Å². The number of nitrogens with one attached hydrogen (secondary N) is 1. The van der Waals surface area contributed by atoms with Crippen molar-refractivity contribution in [3.05, 3.63) is 35.9 Å². The van der Waals surface area contributed by atoms with Gasteiger partial charge in [-0.2, -0.15) is 0 Å². The van der Waals surface area contributed by atoms with Gasteiger partial charge < -0.3 is 11.1 Å². The topological polar surface area (TPSA) is 78.7 Å². The second-order valence-electron chi connectivity index (χ2n) is 5.48. The third-order valence-corrected chi connectivity index (χ3v) is 3.90. The number of hydrogen-bond donors (Lipinski definition) is 2. The van der Waals surface area contributed by atoms with Gasteiger partial charge in [-0.3, -0.25) is 19.4 Å². The SMILES string of the molecule is CCNC(=O)CN1CCN(C(C(N)=O)c2ccccc2)CC1. The fourth-order valence-corrected chi connectivity index (χ4v) is 2.83. The average molecular weight is 304 g/mol. The van der Waals surface area contributed by atoms with E-state index in [0.29, 0.717) is 13.1 Å². The number of amides is 2. The molecular weight excluding hydrogens is 280 g/mol. The molecule has 22 heavy (non-hydrogen) atoms. The van der Waals surface area contributed by atoms with Gasteiger partial charge in [0.25, 0.3) is 0 Å². The van der Waals surface area contributed by atoms with E-state index in [1.807, 2.05) is 37.3 Å². The van der Waals surface area contributed by atoms with E-state index in [-0.39, 0.29) is 11.8 Å². The molecule has 120 valence electrons. The number of rotatable bonds is 6. The van der Waals surface area contributed by atoms with Gasteiger partial charge in [-0.1, -0.05) is 30.3 Å². The fourth-order valence-electron chi connectivity index (χ4n) is 2.83. The number of benzene rings is 1. The second-order valence-corrected chi connectivity index (χ2v) is 5.48. The Morgan fingerprint density at radius 1 is 1.18 bits per heavy atom. The van der Waals surface area contributed by atoms with Crippen LogP contribution in [-0.4, -0.2) is 60.9 Å². The van der Waals surface area contributed by atoms with Gasteiger partial charge in [0.2, 0.25) is 11.8 Å². The molecule has 1 heterocycles. The molecule has 1 aromatic carbocycles. The third kappa shape index (κ3) is 4.29. The number of carbonyl (C=O) groups is 2. The van der Waals surface area contributed by atoms with Crippen molar-refractivity contribution in [2.24, 2.45) is 5.73 Å². The maximum absolute atomic E-state index is 11.8. The van der Waals surface area contributed by atoms with Crippen molar-refractivity contribution in [3.63, 3.8) is 0 Å². The van der Waals surface area contributed by atoms with Crippen LogP contribution in [0.1, 0.15) is 18.5 Å². The normalized spacial score (nSPS) is 17.9. The van der Waals surface area contributed by atoms with Crippen LogP contribution < -0.4 is 11.1 Å². The Morgan fingerprint density at radius 3 is 2.36 bits per heavy atom. The zero-order valence-electron chi connectivity index (χ0n) is 13.0. The summed E-state index contributed by atoms with van der Waals surface area (Å²) >= 11 is 0. The largest absolute Gasteiger partial charge is 0.368 e. The first-order chi connectivity index (χ1) is 10.6. The van der Waals surface area contributed by atoms with Crippen LogP contribution in [0.4, 0.5) is 0 Å². The Balaban J connectivity index is 1.94. The number of carbonyl (C=O) groups excluding carboxylic acids is 2. The number of piperazine rings is 1. The zero-order valence-corrected chi connectivity index (χ0v) is 13.0. The van der Waals surface area contributed by atoms with Crippen molar-refractivity contribution in [2.75, 3.05) is 39.3 Å². The van der Waals surface area contributed by atoms with Crippen LogP contribution in [0.3, 0.4) is 0 Å². The molecule has 0 spiro atoms. The molecule has 3 N–H and O–H groups in total. The third-order valence-electron chi connectivity index (χ3n) is 3.90. The van der Waals surface area contributed by atoms with Crippen LogP contribution in [0.5, 0.6) is 0 Å². The summed E-state index contributed by atoms with van der Waals surface area (Å²) in [6.45, 7) is 5.93. The molecule has 1 fully saturated rings. The highest BCUT2D eigenvalue weighted by Gasteiger charge is 2.29. The highest BCUT2D eigenvalue weighted by molar-refractivity contribution is 5.81. The summed E-state index contributed by atoms with van der Waals surface area (Å²) in [4.78, 5) is 27.7. The lowest BCUT2D eigenvalue weighted by Crippen LogP contribution is -2.52. The molecule has 1 saturated heterocycles. The van der Waals surface area contributed by atoms with Gasteiger partial charge in [0.1, 0.15) is 6.04 Å². The van der Waals surface area contributed by atoms with Gasteiger partial charge in [-0.05, 0) is 12.5 Å². The maximum Gasteiger partial charge on any atom is 0.239 e. The molecule has 1 atom stereocenters. The van der Waals surface area contributed by atoms with E-state index in [4.69, 9.17) is 5.73 Å². The summed E-state index contributed by atoms with van der Waals surface area (Å²) in [6, 6.07) is 9.21. The smallest absolute Gasteiger partial charge is 0.239 e. The lowest BCUT2D eigenvalue weighted by molar-refractivity contribution is -0.126. The first-order valence-corrected chi connectivity index (χ1v) is 7.69. The molecule has 1 aromatic rings. The molecular formula is C16H24N4O2. The van der Waals surface area contributed by atoms with Crippen molar-refractivity contribution in [3.8, 4) is 0 Å². The van der Waals surface area contributed by atoms with E-state index in [9.17, 15) is 9.59 Å². The molecule has 6 heteroatoms. The predicted molar refractivity (Wildman–Crippen MR) is 85.1 cm³/mol. The molecule has 1 aliphatic heterocycles. The minimum absolute atomic E-state index is 0.0467. The van der Waals surface area contributed by atoms with Gasteiger partial charge >= 0.3 is 0 Å². The molecule has 6 nitrogen and oxygen atoms in total. The van der Waals surface area contributed by atoms with Gasteiger partial charge in [-0.15, -0.1) is 0 Å². The summed E-state index contributed by atoms with van der Waals surface area (Å²) in [5.74, 6) is -0.283. The van der Waals surface area contributed by atoms with Crippen molar-refractivity contribution >= 4 is 11.8 Å². The minimum atomic E-state index is -0.396. The highest BCUT2D eigenvalue weighted by Crippen LogP contribution is 2.21. The summed E-state index contributed by atoms with van der Waals surface area (Å²) in [6.07, 6.45) is 0. The molecule has 2 rings (SSSR count). The molecule has 2 amide bonds. The molecule has 0 aliphatic carbocycles. The second kappa shape index (κ2) is 7.91. The van der Waals surface area contributed by atoms with Gasteiger partial charge in [-0.25, -0.2) is 0 Å². The number of likely N-dealkylation sites (N-methyl/N-ethyl adjacent to an activating group) is 1. The van der Waals surface area contributed by atoms with Crippen LogP contribution in [0.15, 0.2) is 30.3 Å². The molecule has 0 saturated carbocycles. The number of nitrogens with two attached hydrogens (primary N) is 1. The fraction of sp³-hybridized carbons (Fsp3) is 0.500. The van der Waals surface area contributed by atoms with Crippen LogP contribution in [0, 0.1) is 0 Å². The van der Waals surface area contributed by atoms with E-state index in [1.165, 1.54) is 0 Å². The molecule has 1 unspecified atom stereocenters. The van der Waals surface area contributed by atoms with Crippen molar-refractivity contribution < 1.29 is 9.59 Å². The monoisotopic (exact) mass is 304 g/mol. The first kappa shape index (κ1) is 16.5. The van der Waals surface area contributed by atoms with E-state index in [1.54, 1.807) is 0 Å². The van der Waals surface area contributed by atoms with E-state index in [0.717, 1.165) is 31.7 Å². The van der Waals surface area contributed by atoms with Crippen molar-refractivity contribution in [1.29, 1.82) is 0 Å². The maximum atomic E-state index is 11.8. The average Bonchev–Trinajstić information content (AvgIpc) is 2.50. The number of primary amides is 1. The standard InChI is InChI=1S/C16H24N4O2/c1-2-18-14(21)12-19-8-10-20(11-9-19)15(16(17)22)13-6-4-3-5-7-13/h3-7,15H,2,8-12H2,1H3,(H2,17,22)(H,18,21). The lowest BCUT2D eigenvalue weighted by atomic mass is 10.0. The van der Waals surface area contributed by atoms with Crippen LogP contribution in [-0.2, 0) is 9.59 Å². The lowest BCUT2D eigenvalue weighted by Gasteiger charge is -2.37. The first-order valence-electron chi connectivity index (χ1n) is 7.69. The Hall–Kier alpha value is -1.92. The van der Waals surface area contributed by atoms with Gasteiger partial charge in [0.15, 0.2) is 0 Å². The zero-order chi connectivity index (χ0) is 15.9. The van der Waals surface area contributed by atoms with E-state index < -0.39 is 6.04 Å². The van der Waals surface area contributed by atoms with Gasteiger partial charge in [0.05, 0.1) is 6.54 Å². The quantitative estimate of drug-likeness (QED) is 0.773. The summed E-state index contributed by atoms with van der Waals surface area (Å²) in [7, 11) is 0. The summed E-state index contributed by atoms with van der Waals surface area (Å²) in [5.41, 5.74) is 6.52. The summed E-state index contributed by atoms with van der Waals surface area (Å²) < 4.78 is 0. The van der Waals surface area contributed by atoms with Crippen LogP contribution in [0.2, 0.25) is 0 Å². The van der Waals surface area contributed by atoms with Gasteiger partial charge in [0, 0.05) is 32.7 Å². The van der Waals surface area contributed by atoms with Crippen LogP contribution >= 0.6 is 0 Å². The van der Waals surface area contributed by atoms with Crippen LogP contribution in [0.25, 0.3) is 0 Å². The Kier molecular flexibility index (Phi) is 5.91. The molecule has 0 aromatic heterocycles. The van der Waals surface area contributed by atoms with Crippen molar-refractivity contribution in [2.45, 2.75) is 13.0 Å². The van der Waals surface area contributed by atoms with Crippen molar-refractivity contribution in [1.82, 2.24) is 15.1 Å². The molecule has 0 radical (unpaired) electrons. The Morgan fingerprint density at radius 2 is 1.82 bits per heavy atom. The Bertz CT molecular complexity index is 498. The summed E-state index contributed by atoms with van der Waals surface area (Å²) in [5, 5.41) is 2.80. The predicted octanol–water partition coefficient (Wildman–Crippen LogP) is -0.0333. The molecule has 1 aliphatic rings. The van der Waals surface area contributed by atoms with E-state index >= 15 is 0 Å². The minimum Gasteiger partial charge on any atom is -0.368 e.